The number of rotatable bonds is 1. The van der Waals surface area contributed by atoms with Gasteiger partial charge in [0.1, 0.15) is 4.88 Å². The molecule has 0 fully saturated rings. The summed E-state index contributed by atoms with van der Waals surface area (Å²) in [5.41, 5.74) is 0. The lowest BCUT2D eigenvalue weighted by Gasteiger charge is -1.94. The Hall–Kier alpha value is -0.580. The molecule has 0 aliphatic rings. The van der Waals surface area contributed by atoms with Crippen molar-refractivity contribution < 1.29 is 9.53 Å². The van der Waals surface area contributed by atoms with Crippen LogP contribution in [0.15, 0.2) is 22.7 Å². The summed E-state index contributed by atoms with van der Waals surface area (Å²) in [5.74, 6) is -0.334. The molecule has 5 heteroatoms. The number of halogens is 2. The first kappa shape index (κ1) is 10.9. The molecule has 0 saturated heterocycles. The average molecular weight is 306 g/mol. The number of carbonyl (C=O) groups is 1. The number of benzene rings is 1. The monoisotopic (exact) mass is 304 g/mol. The van der Waals surface area contributed by atoms with E-state index in [9.17, 15) is 4.79 Å². The van der Waals surface area contributed by atoms with Crippen LogP contribution in [0.5, 0.6) is 0 Å². The van der Waals surface area contributed by atoms with E-state index >= 15 is 0 Å². The fraction of sp³-hybridized carbons (Fsp3) is 0.100. The number of fused-ring (bicyclic) bond motifs is 1. The van der Waals surface area contributed by atoms with E-state index in [1.54, 1.807) is 6.07 Å². The molecular formula is C10H6BrClO2S. The van der Waals surface area contributed by atoms with Gasteiger partial charge in [0.05, 0.1) is 11.6 Å². The normalized spacial score (nSPS) is 10.6. The molecule has 0 N–H and O–H groups in total. The number of hydrogen-bond acceptors (Lipinski definition) is 3. The van der Waals surface area contributed by atoms with Crippen molar-refractivity contribution in [3.05, 3.63) is 32.6 Å². The number of methoxy groups -OCH3 is 1. The summed E-state index contributed by atoms with van der Waals surface area (Å²) in [7, 11) is 1.37. The third kappa shape index (κ3) is 1.89. The highest BCUT2D eigenvalue weighted by atomic mass is 79.9. The summed E-state index contributed by atoms with van der Waals surface area (Å²) in [5, 5.41) is 1.59. The Kier molecular flexibility index (Phi) is 3.00. The Morgan fingerprint density at radius 1 is 1.53 bits per heavy atom. The zero-order chi connectivity index (χ0) is 11.0. The lowest BCUT2D eigenvalue weighted by atomic mass is 10.2. The van der Waals surface area contributed by atoms with Crippen LogP contribution in [0.1, 0.15) is 9.67 Å². The summed E-state index contributed by atoms with van der Waals surface area (Å²) < 4.78 is 6.44. The maximum atomic E-state index is 11.4. The van der Waals surface area contributed by atoms with Gasteiger partial charge in [0, 0.05) is 15.1 Å². The van der Waals surface area contributed by atoms with E-state index in [-0.39, 0.29) is 5.97 Å². The first-order chi connectivity index (χ1) is 7.13. The molecule has 0 radical (unpaired) electrons. The first-order valence-electron chi connectivity index (χ1n) is 4.09. The fourth-order valence-corrected chi connectivity index (χ4v) is 3.29. The van der Waals surface area contributed by atoms with E-state index in [2.05, 4.69) is 20.7 Å². The van der Waals surface area contributed by atoms with Gasteiger partial charge < -0.3 is 4.74 Å². The van der Waals surface area contributed by atoms with Gasteiger partial charge in [-0.25, -0.2) is 4.79 Å². The van der Waals surface area contributed by atoms with Gasteiger partial charge in [0.25, 0.3) is 0 Å². The van der Waals surface area contributed by atoms with Crippen LogP contribution >= 0.6 is 38.9 Å². The second-order valence-corrected chi connectivity index (χ2v) is 5.16. The summed E-state index contributed by atoms with van der Waals surface area (Å²) >= 11 is 10.6. The summed E-state index contributed by atoms with van der Waals surface area (Å²) in [6, 6.07) is 5.51. The van der Waals surface area contributed by atoms with Crippen molar-refractivity contribution in [2.75, 3.05) is 7.11 Å². The molecule has 0 unspecified atom stereocenters. The van der Waals surface area contributed by atoms with Gasteiger partial charge in [0.2, 0.25) is 0 Å². The van der Waals surface area contributed by atoms with Crippen molar-refractivity contribution >= 4 is 54.9 Å². The molecule has 0 bridgehead atoms. The molecule has 2 nitrogen and oxygen atoms in total. The molecule has 1 aromatic heterocycles. The van der Waals surface area contributed by atoms with Gasteiger partial charge >= 0.3 is 5.97 Å². The van der Waals surface area contributed by atoms with Crippen molar-refractivity contribution in [1.29, 1.82) is 0 Å². The maximum absolute atomic E-state index is 11.4. The van der Waals surface area contributed by atoms with Gasteiger partial charge in [0.15, 0.2) is 0 Å². The highest BCUT2D eigenvalue weighted by Crippen LogP contribution is 2.37. The molecule has 0 saturated carbocycles. The van der Waals surface area contributed by atoms with Crippen LogP contribution in [-0.2, 0) is 4.74 Å². The Bertz CT molecular complexity index is 535. The lowest BCUT2D eigenvalue weighted by Crippen LogP contribution is -1.98. The van der Waals surface area contributed by atoms with E-state index in [1.807, 2.05) is 12.1 Å². The summed E-state index contributed by atoms with van der Waals surface area (Å²) in [6.45, 7) is 0. The largest absolute Gasteiger partial charge is 0.465 e. The zero-order valence-electron chi connectivity index (χ0n) is 7.71. The standard InChI is InChI=1S/C10H6BrClO2S/c1-14-10(13)9-8(11)6-4-5(12)2-3-7(6)15-9/h2-4H,1H3. The summed E-state index contributed by atoms with van der Waals surface area (Å²) in [6.07, 6.45) is 0. The highest BCUT2D eigenvalue weighted by Gasteiger charge is 2.16. The van der Waals surface area contributed by atoms with Crippen molar-refractivity contribution in [2.24, 2.45) is 0 Å². The number of hydrogen-bond donors (Lipinski definition) is 0. The maximum Gasteiger partial charge on any atom is 0.349 e. The Balaban J connectivity index is 2.69. The average Bonchev–Trinajstić information content (AvgIpc) is 2.55. The van der Waals surface area contributed by atoms with Crippen LogP contribution in [0, 0.1) is 0 Å². The third-order valence-electron chi connectivity index (χ3n) is 1.96. The van der Waals surface area contributed by atoms with E-state index < -0.39 is 0 Å². The molecule has 1 heterocycles. The number of carbonyl (C=O) groups excluding carboxylic acids is 1. The molecule has 15 heavy (non-hydrogen) atoms. The number of thiophene rings is 1. The van der Waals surface area contributed by atoms with Crippen LogP contribution in [-0.4, -0.2) is 13.1 Å². The van der Waals surface area contributed by atoms with Crippen LogP contribution < -0.4 is 0 Å². The smallest absolute Gasteiger partial charge is 0.349 e. The summed E-state index contributed by atoms with van der Waals surface area (Å²) in [4.78, 5) is 12.0. The van der Waals surface area contributed by atoms with E-state index in [0.29, 0.717) is 9.90 Å². The number of esters is 1. The minimum atomic E-state index is -0.334. The van der Waals surface area contributed by atoms with Crippen molar-refractivity contribution in [2.45, 2.75) is 0 Å². The van der Waals surface area contributed by atoms with Gasteiger partial charge in [-0.2, -0.15) is 0 Å². The zero-order valence-corrected chi connectivity index (χ0v) is 10.9. The minimum Gasteiger partial charge on any atom is -0.465 e. The lowest BCUT2D eigenvalue weighted by molar-refractivity contribution is 0.0605. The van der Waals surface area contributed by atoms with Crippen molar-refractivity contribution in [3.8, 4) is 0 Å². The molecule has 1 aromatic carbocycles. The van der Waals surface area contributed by atoms with Crippen molar-refractivity contribution in [1.82, 2.24) is 0 Å². The van der Waals surface area contributed by atoms with Crippen LogP contribution in [0.4, 0.5) is 0 Å². The molecule has 0 aliphatic heterocycles. The Labute approximate surface area is 104 Å². The Morgan fingerprint density at radius 2 is 2.27 bits per heavy atom. The van der Waals surface area contributed by atoms with Gasteiger partial charge in [-0.3, -0.25) is 0 Å². The third-order valence-corrected chi connectivity index (χ3v) is 4.43. The predicted octanol–water partition coefficient (Wildman–Crippen LogP) is 4.10. The van der Waals surface area contributed by atoms with Crippen LogP contribution in [0.25, 0.3) is 10.1 Å². The molecular weight excluding hydrogens is 300 g/mol. The fourth-order valence-electron chi connectivity index (χ4n) is 1.26. The molecule has 0 aliphatic carbocycles. The first-order valence-corrected chi connectivity index (χ1v) is 6.08. The predicted molar refractivity (Wildman–Crippen MR) is 65.9 cm³/mol. The molecule has 0 amide bonds. The van der Waals surface area contributed by atoms with Gasteiger partial charge in [-0.1, -0.05) is 11.6 Å². The molecule has 0 atom stereocenters. The van der Waals surface area contributed by atoms with Gasteiger partial charge in [-0.05, 0) is 34.1 Å². The molecule has 78 valence electrons. The van der Waals surface area contributed by atoms with Crippen LogP contribution in [0.2, 0.25) is 5.02 Å². The van der Waals surface area contributed by atoms with E-state index in [1.165, 1.54) is 18.4 Å². The Morgan fingerprint density at radius 3 is 2.93 bits per heavy atom. The second kappa shape index (κ2) is 4.12. The topological polar surface area (TPSA) is 26.3 Å². The van der Waals surface area contributed by atoms with E-state index in [0.717, 1.165) is 14.6 Å². The van der Waals surface area contributed by atoms with Crippen LogP contribution in [0.3, 0.4) is 0 Å². The molecule has 2 aromatic rings. The second-order valence-electron chi connectivity index (χ2n) is 2.88. The molecule has 2 rings (SSSR count). The van der Waals surface area contributed by atoms with Gasteiger partial charge in [-0.15, -0.1) is 11.3 Å². The molecule has 0 spiro atoms. The highest BCUT2D eigenvalue weighted by molar-refractivity contribution is 9.10. The van der Waals surface area contributed by atoms with Crippen molar-refractivity contribution in [3.63, 3.8) is 0 Å². The number of ether oxygens (including phenoxy) is 1. The minimum absolute atomic E-state index is 0.334. The SMILES string of the molecule is COC(=O)c1sc2ccc(Cl)cc2c1Br. The van der Waals surface area contributed by atoms with E-state index in [4.69, 9.17) is 11.6 Å². The quantitative estimate of drug-likeness (QED) is 0.741.